The van der Waals surface area contributed by atoms with E-state index >= 15 is 0 Å². The number of rotatable bonds is 3. The molecule has 0 aliphatic heterocycles. The van der Waals surface area contributed by atoms with Crippen LogP contribution in [0.1, 0.15) is 29.4 Å². The van der Waals surface area contributed by atoms with Crippen molar-refractivity contribution in [3.05, 3.63) is 40.7 Å². The summed E-state index contributed by atoms with van der Waals surface area (Å²) in [7, 11) is 0. The van der Waals surface area contributed by atoms with Crippen molar-refractivity contribution < 1.29 is 0 Å². The third kappa shape index (κ3) is 2.75. The van der Waals surface area contributed by atoms with Crippen LogP contribution in [-0.4, -0.2) is 16.5 Å². The second-order valence-electron chi connectivity index (χ2n) is 4.94. The minimum absolute atomic E-state index is 0.842. The fourth-order valence-corrected chi connectivity index (χ4v) is 2.16. The smallest absolute Gasteiger partial charge is 0.152 e. The van der Waals surface area contributed by atoms with Crippen molar-refractivity contribution in [1.29, 1.82) is 0 Å². The predicted octanol–water partition coefficient (Wildman–Crippen LogP) is 3.81. The summed E-state index contributed by atoms with van der Waals surface area (Å²) < 4.78 is 0. The second-order valence-corrected chi connectivity index (χ2v) is 4.94. The van der Waals surface area contributed by atoms with Crippen LogP contribution in [0.5, 0.6) is 0 Å². The SMILES string of the molecule is CCNc1nc(C)c(C)nc1-c1ccc(C)cc1C. The molecule has 1 N–H and O–H groups in total. The quantitative estimate of drug-likeness (QED) is 0.906. The summed E-state index contributed by atoms with van der Waals surface area (Å²) in [6.07, 6.45) is 0. The molecule has 1 aromatic carbocycles. The highest BCUT2D eigenvalue weighted by atomic mass is 15.0. The zero-order chi connectivity index (χ0) is 14.0. The van der Waals surface area contributed by atoms with Gasteiger partial charge in [-0.1, -0.05) is 23.8 Å². The van der Waals surface area contributed by atoms with E-state index in [2.05, 4.69) is 49.3 Å². The van der Waals surface area contributed by atoms with Gasteiger partial charge in [0, 0.05) is 12.1 Å². The van der Waals surface area contributed by atoms with Gasteiger partial charge >= 0.3 is 0 Å². The van der Waals surface area contributed by atoms with Crippen LogP contribution in [0.15, 0.2) is 18.2 Å². The predicted molar refractivity (Wildman–Crippen MR) is 80.6 cm³/mol. The van der Waals surface area contributed by atoms with Gasteiger partial charge < -0.3 is 5.32 Å². The highest BCUT2D eigenvalue weighted by molar-refractivity contribution is 5.74. The fraction of sp³-hybridized carbons (Fsp3) is 0.375. The highest BCUT2D eigenvalue weighted by Gasteiger charge is 2.12. The molecule has 0 saturated carbocycles. The van der Waals surface area contributed by atoms with Crippen molar-refractivity contribution in [3.8, 4) is 11.3 Å². The van der Waals surface area contributed by atoms with Gasteiger partial charge in [-0.2, -0.15) is 0 Å². The molecule has 2 rings (SSSR count). The number of benzene rings is 1. The molecule has 1 heterocycles. The molecule has 2 aromatic rings. The molecule has 0 unspecified atom stereocenters. The number of nitrogens with zero attached hydrogens (tertiary/aromatic N) is 2. The Morgan fingerprint density at radius 1 is 1.00 bits per heavy atom. The van der Waals surface area contributed by atoms with Crippen molar-refractivity contribution in [2.24, 2.45) is 0 Å². The summed E-state index contributed by atoms with van der Waals surface area (Å²) in [6.45, 7) is 11.1. The Kier molecular flexibility index (Phi) is 3.84. The van der Waals surface area contributed by atoms with E-state index in [0.717, 1.165) is 35.0 Å². The van der Waals surface area contributed by atoms with Crippen molar-refractivity contribution in [3.63, 3.8) is 0 Å². The molecule has 0 amide bonds. The van der Waals surface area contributed by atoms with Gasteiger partial charge in [0.25, 0.3) is 0 Å². The lowest BCUT2D eigenvalue weighted by molar-refractivity contribution is 1.03. The van der Waals surface area contributed by atoms with Gasteiger partial charge in [0.1, 0.15) is 5.69 Å². The van der Waals surface area contributed by atoms with E-state index in [4.69, 9.17) is 4.98 Å². The normalized spacial score (nSPS) is 10.6. The summed E-state index contributed by atoms with van der Waals surface area (Å²) >= 11 is 0. The van der Waals surface area contributed by atoms with Crippen LogP contribution in [-0.2, 0) is 0 Å². The molecule has 100 valence electrons. The molecule has 0 aliphatic rings. The molecule has 0 aliphatic carbocycles. The lowest BCUT2D eigenvalue weighted by Gasteiger charge is -2.14. The molecule has 0 atom stereocenters. The summed E-state index contributed by atoms with van der Waals surface area (Å²) in [6, 6.07) is 6.43. The average molecular weight is 255 g/mol. The standard InChI is InChI=1S/C16H21N3/c1-6-17-16-15(18-12(4)13(5)19-16)14-8-7-10(2)9-11(14)3/h7-9H,6H2,1-5H3,(H,17,19). The largest absolute Gasteiger partial charge is 0.369 e. The number of aromatic nitrogens is 2. The molecule has 0 radical (unpaired) electrons. The van der Waals surface area contributed by atoms with Crippen molar-refractivity contribution >= 4 is 5.82 Å². The highest BCUT2D eigenvalue weighted by Crippen LogP contribution is 2.28. The van der Waals surface area contributed by atoms with Gasteiger partial charge in [-0.05, 0) is 40.2 Å². The summed E-state index contributed by atoms with van der Waals surface area (Å²) in [4.78, 5) is 9.36. The topological polar surface area (TPSA) is 37.8 Å². The Morgan fingerprint density at radius 3 is 2.32 bits per heavy atom. The molecular weight excluding hydrogens is 234 g/mol. The Bertz CT molecular complexity index is 603. The third-order valence-corrected chi connectivity index (χ3v) is 3.29. The first-order chi connectivity index (χ1) is 9.02. The van der Waals surface area contributed by atoms with Gasteiger partial charge in [0.15, 0.2) is 5.82 Å². The molecule has 19 heavy (non-hydrogen) atoms. The zero-order valence-electron chi connectivity index (χ0n) is 12.3. The van der Waals surface area contributed by atoms with E-state index in [1.165, 1.54) is 11.1 Å². The van der Waals surface area contributed by atoms with Crippen LogP contribution in [0.2, 0.25) is 0 Å². The minimum Gasteiger partial charge on any atom is -0.369 e. The summed E-state index contributed by atoms with van der Waals surface area (Å²) in [5.41, 5.74) is 6.56. The third-order valence-electron chi connectivity index (χ3n) is 3.29. The van der Waals surface area contributed by atoms with E-state index in [1.807, 2.05) is 13.8 Å². The van der Waals surface area contributed by atoms with E-state index in [-0.39, 0.29) is 0 Å². The van der Waals surface area contributed by atoms with Crippen molar-refractivity contribution in [2.45, 2.75) is 34.6 Å². The number of aryl methyl sites for hydroxylation is 4. The monoisotopic (exact) mass is 255 g/mol. The molecule has 3 nitrogen and oxygen atoms in total. The lowest BCUT2D eigenvalue weighted by atomic mass is 10.0. The van der Waals surface area contributed by atoms with E-state index in [0.29, 0.717) is 0 Å². The molecule has 0 fully saturated rings. The maximum absolute atomic E-state index is 4.73. The van der Waals surface area contributed by atoms with Gasteiger partial charge in [-0.3, -0.25) is 0 Å². The fourth-order valence-electron chi connectivity index (χ4n) is 2.16. The molecule has 0 spiro atoms. The van der Waals surface area contributed by atoms with Crippen LogP contribution in [0.25, 0.3) is 11.3 Å². The summed E-state index contributed by atoms with van der Waals surface area (Å²) in [5, 5.41) is 3.31. The van der Waals surface area contributed by atoms with Crippen LogP contribution in [0.3, 0.4) is 0 Å². The molecule has 0 saturated heterocycles. The lowest BCUT2D eigenvalue weighted by Crippen LogP contribution is -2.06. The van der Waals surface area contributed by atoms with Crippen LogP contribution >= 0.6 is 0 Å². The van der Waals surface area contributed by atoms with Gasteiger partial charge in [-0.15, -0.1) is 0 Å². The Balaban J connectivity index is 2.62. The molecular formula is C16H21N3. The molecule has 3 heteroatoms. The zero-order valence-corrected chi connectivity index (χ0v) is 12.3. The number of nitrogens with one attached hydrogen (secondary N) is 1. The van der Waals surface area contributed by atoms with E-state index in [1.54, 1.807) is 0 Å². The van der Waals surface area contributed by atoms with E-state index in [9.17, 15) is 0 Å². The first kappa shape index (κ1) is 13.5. The minimum atomic E-state index is 0.842. The first-order valence-electron chi connectivity index (χ1n) is 6.69. The maximum atomic E-state index is 4.73. The van der Waals surface area contributed by atoms with Crippen LogP contribution in [0.4, 0.5) is 5.82 Å². The van der Waals surface area contributed by atoms with Crippen molar-refractivity contribution in [2.75, 3.05) is 11.9 Å². The summed E-state index contributed by atoms with van der Waals surface area (Å²) in [5.74, 6) is 0.873. The average Bonchev–Trinajstić information content (AvgIpc) is 2.34. The van der Waals surface area contributed by atoms with Gasteiger partial charge in [0.05, 0.1) is 11.4 Å². The van der Waals surface area contributed by atoms with Crippen LogP contribution < -0.4 is 5.32 Å². The number of anilines is 1. The van der Waals surface area contributed by atoms with Gasteiger partial charge in [0.2, 0.25) is 0 Å². The Hall–Kier alpha value is -1.90. The number of hydrogen-bond donors (Lipinski definition) is 1. The van der Waals surface area contributed by atoms with Crippen LogP contribution in [0, 0.1) is 27.7 Å². The Labute approximate surface area is 115 Å². The molecule has 1 aromatic heterocycles. The first-order valence-corrected chi connectivity index (χ1v) is 6.69. The Morgan fingerprint density at radius 2 is 1.68 bits per heavy atom. The van der Waals surface area contributed by atoms with Gasteiger partial charge in [-0.25, -0.2) is 9.97 Å². The van der Waals surface area contributed by atoms with E-state index < -0.39 is 0 Å². The second kappa shape index (κ2) is 5.39. The maximum Gasteiger partial charge on any atom is 0.152 e. The molecule has 0 bridgehead atoms. The van der Waals surface area contributed by atoms with Crippen molar-refractivity contribution in [1.82, 2.24) is 9.97 Å². The number of hydrogen-bond acceptors (Lipinski definition) is 3.